The Labute approximate surface area is 135 Å². The fourth-order valence-electron chi connectivity index (χ4n) is 3.71. The van der Waals surface area contributed by atoms with E-state index in [0.29, 0.717) is 24.5 Å². The van der Waals surface area contributed by atoms with Crippen LogP contribution in [0.1, 0.15) is 49.5 Å². The van der Waals surface area contributed by atoms with E-state index < -0.39 is 11.6 Å². The third-order valence-corrected chi connectivity index (χ3v) is 5.31. The van der Waals surface area contributed by atoms with Crippen molar-refractivity contribution < 1.29 is 14.4 Å². The van der Waals surface area contributed by atoms with Crippen molar-refractivity contribution in [3.8, 4) is 0 Å². The molecule has 1 aromatic rings. The number of hydrogen-bond acceptors (Lipinski definition) is 3. The van der Waals surface area contributed by atoms with Crippen molar-refractivity contribution in [3.05, 3.63) is 24.0 Å². The number of urea groups is 1. The minimum Gasteiger partial charge on any atom is -0.348 e. The van der Waals surface area contributed by atoms with Crippen LogP contribution >= 0.6 is 0 Å². The predicted octanol–water partition coefficient (Wildman–Crippen LogP) is 2.10. The number of nitrogens with one attached hydrogen (secondary N) is 1. The highest BCUT2D eigenvalue weighted by molar-refractivity contribution is 6.10. The average molecular weight is 317 g/mol. The molecule has 0 atom stereocenters. The van der Waals surface area contributed by atoms with E-state index >= 15 is 0 Å². The summed E-state index contributed by atoms with van der Waals surface area (Å²) in [5.41, 5.74) is -0.279. The molecule has 1 aliphatic carbocycles. The van der Waals surface area contributed by atoms with Crippen LogP contribution in [0.15, 0.2) is 18.3 Å². The number of Topliss-reactive ketones (excluding diaryl/α,β-unsaturated/α-hetero) is 1. The van der Waals surface area contributed by atoms with Gasteiger partial charge in [-0.05, 0) is 43.7 Å². The Hall–Kier alpha value is -2.11. The van der Waals surface area contributed by atoms with Crippen molar-refractivity contribution in [2.75, 3.05) is 6.54 Å². The molecule has 6 heteroatoms. The lowest BCUT2D eigenvalue weighted by Gasteiger charge is -2.34. The molecule has 3 amide bonds. The zero-order chi connectivity index (χ0) is 16.6. The minimum absolute atomic E-state index is 0.193. The molecule has 2 fully saturated rings. The second kappa shape index (κ2) is 5.83. The Balaban J connectivity index is 1.72. The molecule has 0 unspecified atom stereocenters. The molecule has 1 saturated carbocycles. The van der Waals surface area contributed by atoms with Crippen molar-refractivity contribution in [1.29, 1.82) is 0 Å². The smallest absolute Gasteiger partial charge is 0.325 e. The maximum absolute atomic E-state index is 12.8. The molecule has 124 valence electrons. The number of rotatable bonds is 4. The highest BCUT2D eigenvalue weighted by Crippen LogP contribution is 2.37. The van der Waals surface area contributed by atoms with Gasteiger partial charge in [-0.2, -0.15) is 0 Å². The molecular formula is C17H23N3O3. The molecule has 1 aliphatic heterocycles. The topological polar surface area (TPSA) is 71.4 Å². The van der Waals surface area contributed by atoms with Gasteiger partial charge in [0.2, 0.25) is 0 Å². The van der Waals surface area contributed by atoms with Gasteiger partial charge in [-0.15, -0.1) is 0 Å². The number of nitrogens with zero attached hydrogens (tertiary/aromatic N) is 2. The maximum Gasteiger partial charge on any atom is 0.325 e. The molecular weight excluding hydrogens is 294 g/mol. The largest absolute Gasteiger partial charge is 0.348 e. The highest BCUT2D eigenvalue weighted by atomic mass is 16.2. The first kappa shape index (κ1) is 15.8. The molecule has 0 bridgehead atoms. The number of carbonyl (C=O) groups is 3. The number of hydrogen-bond donors (Lipinski definition) is 1. The Morgan fingerprint density at radius 2 is 2.04 bits per heavy atom. The number of ketones is 1. The zero-order valence-electron chi connectivity index (χ0n) is 13.7. The monoisotopic (exact) mass is 317 g/mol. The normalized spacial score (nSPS) is 27.6. The Kier molecular flexibility index (Phi) is 4.00. The van der Waals surface area contributed by atoms with Crippen molar-refractivity contribution in [2.24, 2.45) is 13.0 Å². The van der Waals surface area contributed by atoms with Gasteiger partial charge < -0.3 is 9.88 Å². The summed E-state index contributed by atoms with van der Waals surface area (Å²) in [4.78, 5) is 38.4. The molecule has 3 rings (SSSR count). The molecule has 1 aromatic heterocycles. The van der Waals surface area contributed by atoms with Crippen LogP contribution in [-0.2, 0) is 11.8 Å². The SMILES string of the molecule is CCC1CCC2(CC1)NC(=O)N(CC(=O)c1cccn1C)C2=O. The predicted molar refractivity (Wildman–Crippen MR) is 85.0 cm³/mol. The van der Waals surface area contributed by atoms with Crippen LogP contribution in [0.5, 0.6) is 0 Å². The third-order valence-electron chi connectivity index (χ3n) is 5.31. The first-order valence-electron chi connectivity index (χ1n) is 8.25. The van der Waals surface area contributed by atoms with Crippen LogP contribution in [-0.4, -0.2) is 39.3 Å². The van der Waals surface area contributed by atoms with E-state index in [2.05, 4.69) is 12.2 Å². The second-order valence-electron chi connectivity index (χ2n) is 6.68. The Morgan fingerprint density at radius 3 is 2.61 bits per heavy atom. The van der Waals surface area contributed by atoms with E-state index in [0.717, 1.165) is 24.2 Å². The lowest BCUT2D eigenvalue weighted by atomic mass is 9.75. The number of imide groups is 1. The molecule has 2 aliphatic rings. The number of aromatic nitrogens is 1. The van der Waals surface area contributed by atoms with Crippen molar-refractivity contribution in [1.82, 2.24) is 14.8 Å². The molecule has 23 heavy (non-hydrogen) atoms. The number of carbonyl (C=O) groups excluding carboxylic acids is 3. The summed E-state index contributed by atoms with van der Waals surface area (Å²) in [6.07, 6.45) is 6.11. The fourth-order valence-corrected chi connectivity index (χ4v) is 3.71. The van der Waals surface area contributed by atoms with Crippen LogP contribution in [0.4, 0.5) is 4.79 Å². The molecule has 2 heterocycles. The highest BCUT2D eigenvalue weighted by Gasteiger charge is 2.52. The summed E-state index contributed by atoms with van der Waals surface area (Å²) in [5.74, 6) is 0.171. The van der Waals surface area contributed by atoms with E-state index in [-0.39, 0.29) is 18.2 Å². The van der Waals surface area contributed by atoms with Crippen molar-refractivity contribution >= 4 is 17.7 Å². The average Bonchev–Trinajstić information content (AvgIpc) is 3.06. The summed E-state index contributed by atoms with van der Waals surface area (Å²) < 4.78 is 1.70. The maximum atomic E-state index is 12.8. The first-order valence-corrected chi connectivity index (χ1v) is 8.25. The van der Waals surface area contributed by atoms with Gasteiger partial charge in [0.25, 0.3) is 5.91 Å². The zero-order valence-corrected chi connectivity index (χ0v) is 13.7. The van der Waals surface area contributed by atoms with E-state index in [9.17, 15) is 14.4 Å². The summed E-state index contributed by atoms with van der Waals surface area (Å²) in [5, 5.41) is 2.86. The Morgan fingerprint density at radius 1 is 1.35 bits per heavy atom. The van der Waals surface area contributed by atoms with Gasteiger partial charge in [-0.25, -0.2) is 4.79 Å². The van der Waals surface area contributed by atoms with Gasteiger partial charge in [0, 0.05) is 13.2 Å². The standard InChI is InChI=1S/C17H23N3O3/c1-3-12-6-8-17(9-7-12)15(22)20(16(23)18-17)11-14(21)13-5-4-10-19(13)2/h4-5,10,12H,3,6-9,11H2,1-2H3,(H,18,23). The van der Waals surface area contributed by atoms with Crippen LogP contribution in [0.25, 0.3) is 0 Å². The van der Waals surface area contributed by atoms with Crippen LogP contribution < -0.4 is 5.32 Å². The molecule has 0 aromatic carbocycles. The second-order valence-corrected chi connectivity index (χ2v) is 6.68. The number of amides is 3. The molecule has 1 saturated heterocycles. The van der Waals surface area contributed by atoms with Crippen molar-refractivity contribution in [3.63, 3.8) is 0 Å². The molecule has 1 N–H and O–H groups in total. The van der Waals surface area contributed by atoms with Gasteiger partial charge in [0.05, 0.1) is 12.2 Å². The van der Waals surface area contributed by atoms with Gasteiger partial charge in [-0.3, -0.25) is 14.5 Å². The lowest BCUT2D eigenvalue weighted by Crippen LogP contribution is -2.49. The lowest BCUT2D eigenvalue weighted by molar-refractivity contribution is -0.132. The quantitative estimate of drug-likeness (QED) is 0.683. The summed E-state index contributed by atoms with van der Waals surface area (Å²) in [7, 11) is 1.77. The van der Waals surface area contributed by atoms with Crippen LogP contribution in [0.3, 0.4) is 0 Å². The summed E-state index contributed by atoms with van der Waals surface area (Å²) >= 11 is 0. The van der Waals surface area contributed by atoms with E-state index in [4.69, 9.17) is 0 Å². The minimum atomic E-state index is -0.781. The summed E-state index contributed by atoms with van der Waals surface area (Å²) in [6, 6.07) is 3.03. The van der Waals surface area contributed by atoms with Gasteiger partial charge in [0.15, 0.2) is 5.78 Å². The van der Waals surface area contributed by atoms with Gasteiger partial charge in [-0.1, -0.05) is 13.3 Å². The van der Waals surface area contributed by atoms with E-state index in [1.54, 1.807) is 29.9 Å². The first-order chi connectivity index (χ1) is 11.0. The third kappa shape index (κ3) is 2.66. The van der Waals surface area contributed by atoms with Gasteiger partial charge >= 0.3 is 6.03 Å². The molecule has 1 spiro atoms. The van der Waals surface area contributed by atoms with E-state index in [1.165, 1.54) is 0 Å². The van der Waals surface area contributed by atoms with Crippen molar-refractivity contribution in [2.45, 2.75) is 44.6 Å². The van der Waals surface area contributed by atoms with E-state index in [1.807, 2.05) is 0 Å². The summed E-state index contributed by atoms with van der Waals surface area (Å²) in [6.45, 7) is 1.96. The number of aryl methyl sites for hydroxylation is 1. The van der Waals surface area contributed by atoms with Crippen LogP contribution in [0, 0.1) is 5.92 Å². The Bertz CT molecular complexity index is 641. The molecule has 0 radical (unpaired) electrons. The van der Waals surface area contributed by atoms with Gasteiger partial charge in [0.1, 0.15) is 5.54 Å². The molecule has 6 nitrogen and oxygen atoms in total. The fraction of sp³-hybridized carbons (Fsp3) is 0.588. The van der Waals surface area contributed by atoms with Crippen LogP contribution in [0.2, 0.25) is 0 Å².